The first-order chi connectivity index (χ1) is 20.9. The van der Waals surface area contributed by atoms with Crippen molar-refractivity contribution in [2.45, 2.75) is 61.5 Å². The van der Waals surface area contributed by atoms with Gasteiger partial charge in [0.05, 0.1) is 31.5 Å². The van der Waals surface area contributed by atoms with Gasteiger partial charge in [0.1, 0.15) is 53.0 Å². The lowest BCUT2D eigenvalue weighted by atomic mass is 9.81. The second kappa shape index (κ2) is 12.4. The summed E-state index contributed by atoms with van der Waals surface area (Å²) < 4.78 is 22.7. The van der Waals surface area contributed by atoms with Crippen LogP contribution in [0.25, 0.3) is 22.3 Å². The maximum Gasteiger partial charge on any atom is 0.239 e. The van der Waals surface area contributed by atoms with E-state index < -0.39 is 120 Å². The highest BCUT2D eigenvalue weighted by molar-refractivity contribution is 5.88. The van der Waals surface area contributed by atoms with Gasteiger partial charge < -0.3 is 74.8 Å². The molecule has 44 heavy (non-hydrogen) atoms. The maximum atomic E-state index is 13.6. The van der Waals surface area contributed by atoms with Gasteiger partial charge in [-0.25, -0.2) is 0 Å². The third kappa shape index (κ3) is 5.63. The van der Waals surface area contributed by atoms with E-state index in [9.17, 15) is 61.0 Å². The van der Waals surface area contributed by atoms with Gasteiger partial charge in [-0.15, -0.1) is 0 Å². The molecular formula is C28H32O16. The van der Waals surface area contributed by atoms with Crippen molar-refractivity contribution in [2.24, 2.45) is 5.92 Å². The Balaban J connectivity index is 1.49. The molecule has 2 aliphatic heterocycles. The van der Waals surface area contributed by atoms with Crippen LogP contribution in [-0.4, -0.2) is 125 Å². The number of aromatic hydroxyl groups is 4. The maximum absolute atomic E-state index is 13.6. The molecular weight excluding hydrogens is 592 g/mol. The summed E-state index contributed by atoms with van der Waals surface area (Å²) in [5, 5.41) is 112. The van der Waals surface area contributed by atoms with Crippen LogP contribution >= 0.6 is 0 Å². The number of aliphatic hydroxyl groups is 7. The Hall–Kier alpha value is -3.71. The van der Waals surface area contributed by atoms with E-state index in [1.165, 1.54) is 6.07 Å². The van der Waals surface area contributed by atoms with Crippen molar-refractivity contribution in [1.82, 2.24) is 0 Å². The molecule has 2 fully saturated rings. The first kappa shape index (κ1) is 31.7. The van der Waals surface area contributed by atoms with Crippen molar-refractivity contribution in [2.75, 3.05) is 13.2 Å². The largest absolute Gasteiger partial charge is 0.508 e. The lowest BCUT2D eigenvalue weighted by Crippen LogP contribution is -2.62. The second-order valence-electron chi connectivity index (χ2n) is 10.7. The summed E-state index contributed by atoms with van der Waals surface area (Å²) in [5.74, 6) is -4.46. The van der Waals surface area contributed by atoms with E-state index >= 15 is 0 Å². The van der Waals surface area contributed by atoms with Crippen LogP contribution in [0.1, 0.15) is 6.42 Å². The first-order valence-electron chi connectivity index (χ1n) is 13.5. The summed E-state index contributed by atoms with van der Waals surface area (Å²) in [7, 11) is 0. The van der Waals surface area contributed by atoms with Crippen LogP contribution in [0.2, 0.25) is 0 Å². The van der Waals surface area contributed by atoms with E-state index in [1.807, 2.05) is 0 Å². The zero-order chi connectivity index (χ0) is 32.0. The lowest BCUT2D eigenvalue weighted by molar-refractivity contribution is -0.278. The average molecular weight is 625 g/mol. The van der Waals surface area contributed by atoms with Crippen LogP contribution in [0.5, 0.6) is 28.7 Å². The van der Waals surface area contributed by atoms with E-state index in [0.717, 1.165) is 24.3 Å². The highest BCUT2D eigenvalue weighted by Crippen LogP contribution is 2.40. The van der Waals surface area contributed by atoms with Crippen LogP contribution in [0.15, 0.2) is 39.5 Å². The molecule has 3 aromatic rings. The van der Waals surface area contributed by atoms with Gasteiger partial charge in [0.25, 0.3) is 0 Å². The Labute approximate surface area is 247 Å². The summed E-state index contributed by atoms with van der Waals surface area (Å²) in [5.41, 5.74) is -1.33. The van der Waals surface area contributed by atoms with Gasteiger partial charge in [0.15, 0.2) is 17.3 Å². The van der Waals surface area contributed by atoms with Gasteiger partial charge in [0.2, 0.25) is 17.5 Å². The second-order valence-corrected chi connectivity index (χ2v) is 10.7. The van der Waals surface area contributed by atoms with Crippen molar-refractivity contribution >= 4 is 11.0 Å². The molecule has 2 saturated heterocycles. The molecule has 2 aliphatic rings. The third-order valence-electron chi connectivity index (χ3n) is 7.92. The van der Waals surface area contributed by atoms with Crippen LogP contribution in [0, 0.1) is 5.92 Å². The van der Waals surface area contributed by atoms with E-state index in [-0.39, 0.29) is 17.6 Å². The number of rotatable bonds is 7. The molecule has 0 aliphatic carbocycles. The Morgan fingerprint density at radius 1 is 0.705 bits per heavy atom. The normalized spacial score (nSPS) is 32.5. The zero-order valence-corrected chi connectivity index (χ0v) is 22.7. The van der Waals surface area contributed by atoms with Gasteiger partial charge in [-0.2, -0.15) is 0 Å². The molecule has 0 amide bonds. The molecule has 0 unspecified atom stereocenters. The van der Waals surface area contributed by atoms with Crippen molar-refractivity contribution < 1.29 is 74.8 Å². The SMILES string of the molecule is O=c1c(O[C@@H]2O[C@H](CO)[C@@H](C[C@H]3O[C@H](CO)[C@@H](O)[C@H](O)[C@H]3O)[C@H](O)[C@H]2O)c(-c2ccc(O)c(O)c2)oc2cc(O)cc(O)c12. The summed E-state index contributed by atoms with van der Waals surface area (Å²) in [6.45, 7) is -1.46. The fourth-order valence-corrected chi connectivity index (χ4v) is 5.54. The molecule has 0 bridgehead atoms. The number of ether oxygens (including phenoxy) is 3. The van der Waals surface area contributed by atoms with E-state index in [2.05, 4.69) is 0 Å². The van der Waals surface area contributed by atoms with Crippen molar-refractivity contribution in [3.05, 3.63) is 40.6 Å². The molecule has 0 saturated carbocycles. The summed E-state index contributed by atoms with van der Waals surface area (Å²) in [4.78, 5) is 13.6. The van der Waals surface area contributed by atoms with Crippen molar-refractivity contribution in [1.29, 1.82) is 0 Å². The molecule has 1 aromatic heterocycles. The number of hydrogen-bond donors (Lipinski definition) is 11. The zero-order valence-electron chi connectivity index (χ0n) is 22.7. The fourth-order valence-electron chi connectivity index (χ4n) is 5.54. The summed E-state index contributed by atoms with van der Waals surface area (Å²) >= 11 is 0. The molecule has 3 heterocycles. The van der Waals surface area contributed by atoms with Crippen molar-refractivity contribution in [3.63, 3.8) is 0 Å². The molecule has 2 aromatic carbocycles. The number of phenols is 4. The molecule has 240 valence electrons. The standard InChI is InChI=1S/C28H32O16/c29-7-17-11(6-16-21(36)24(39)22(37)18(8-30)41-16)20(35)25(40)28(43-17)44-27-23(38)19-14(34)4-10(31)5-15(19)42-26(27)9-1-2-12(32)13(33)3-9/h1-5,11,16-18,20-22,24-25,28-37,39-40H,6-8H2/t11-,16-,17-,18-,20+,21+,22-,24-,25-,28+/m1/s1. The highest BCUT2D eigenvalue weighted by Gasteiger charge is 2.50. The lowest BCUT2D eigenvalue weighted by Gasteiger charge is -2.46. The smallest absolute Gasteiger partial charge is 0.239 e. The van der Waals surface area contributed by atoms with Gasteiger partial charge >= 0.3 is 0 Å². The quantitative estimate of drug-likeness (QED) is 0.126. The number of benzene rings is 2. The fraction of sp³-hybridized carbons (Fsp3) is 0.464. The molecule has 16 nitrogen and oxygen atoms in total. The Morgan fingerprint density at radius 3 is 2.05 bits per heavy atom. The van der Waals surface area contributed by atoms with E-state index in [0.29, 0.717) is 0 Å². The van der Waals surface area contributed by atoms with Crippen molar-refractivity contribution in [3.8, 4) is 40.1 Å². The van der Waals surface area contributed by atoms with Crippen LogP contribution in [0.4, 0.5) is 0 Å². The van der Waals surface area contributed by atoms with Gasteiger partial charge in [0, 0.05) is 23.6 Å². The van der Waals surface area contributed by atoms with Crippen LogP contribution in [-0.2, 0) is 9.47 Å². The Kier molecular flexibility index (Phi) is 8.90. The number of aliphatic hydroxyl groups excluding tert-OH is 7. The predicted molar refractivity (Wildman–Crippen MR) is 145 cm³/mol. The number of phenolic OH excluding ortho intramolecular Hbond substituents is 4. The predicted octanol–water partition coefficient (Wildman–Crippen LogP) is -2.05. The summed E-state index contributed by atoms with van der Waals surface area (Å²) in [6, 6.07) is 5.25. The third-order valence-corrected chi connectivity index (χ3v) is 7.92. The average Bonchev–Trinajstić information content (AvgIpc) is 2.98. The van der Waals surface area contributed by atoms with E-state index in [4.69, 9.17) is 18.6 Å². The first-order valence-corrected chi connectivity index (χ1v) is 13.5. The van der Waals surface area contributed by atoms with Crippen LogP contribution in [0.3, 0.4) is 0 Å². The molecule has 11 N–H and O–H groups in total. The minimum absolute atomic E-state index is 0.0258. The minimum Gasteiger partial charge on any atom is -0.508 e. The van der Waals surface area contributed by atoms with Gasteiger partial charge in [-0.1, -0.05) is 0 Å². The number of fused-ring (bicyclic) bond motifs is 1. The molecule has 0 spiro atoms. The molecule has 16 heteroatoms. The molecule has 0 radical (unpaired) electrons. The van der Waals surface area contributed by atoms with Gasteiger partial charge in [-0.3, -0.25) is 4.79 Å². The Morgan fingerprint density at radius 2 is 1.39 bits per heavy atom. The number of hydrogen-bond acceptors (Lipinski definition) is 16. The van der Waals surface area contributed by atoms with Crippen LogP contribution < -0.4 is 10.2 Å². The minimum atomic E-state index is -1.92. The monoisotopic (exact) mass is 624 g/mol. The Bertz CT molecular complexity index is 1550. The topological polar surface area (TPSA) is 280 Å². The van der Waals surface area contributed by atoms with E-state index in [1.54, 1.807) is 0 Å². The van der Waals surface area contributed by atoms with Gasteiger partial charge in [-0.05, 0) is 24.6 Å². The summed E-state index contributed by atoms with van der Waals surface area (Å²) in [6.07, 6.45) is -14.7. The molecule has 10 atom stereocenters. The highest BCUT2D eigenvalue weighted by atomic mass is 16.7. The molecule has 5 rings (SSSR count).